The fourth-order valence-electron chi connectivity index (χ4n) is 3.18. The van der Waals surface area contributed by atoms with E-state index in [0.717, 1.165) is 19.4 Å². The average molecular weight is 462 g/mol. The molecule has 6 nitrogen and oxygen atoms in total. The van der Waals surface area contributed by atoms with E-state index in [1.807, 2.05) is 0 Å². The highest BCUT2D eigenvalue weighted by molar-refractivity contribution is 7.92. The summed E-state index contributed by atoms with van der Waals surface area (Å²) in [4.78, 5) is 16.8. The number of ether oxygens (including phenoxy) is 1. The maximum absolute atomic E-state index is 12.8. The number of anilines is 1. The molecule has 0 fully saturated rings. The number of nitrogens with one attached hydrogen (secondary N) is 1. The van der Waals surface area contributed by atoms with Crippen molar-refractivity contribution in [2.75, 3.05) is 18.1 Å². The van der Waals surface area contributed by atoms with Gasteiger partial charge in [0.05, 0.1) is 13.4 Å². The van der Waals surface area contributed by atoms with Gasteiger partial charge in [-0.3, -0.25) is 9.52 Å². The molecule has 1 heterocycles. The van der Waals surface area contributed by atoms with Crippen LogP contribution in [0.3, 0.4) is 0 Å². The van der Waals surface area contributed by atoms with Crippen molar-refractivity contribution in [2.24, 2.45) is 0 Å². The third kappa shape index (κ3) is 5.73. The Bertz CT molecular complexity index is 1480. The van der Waals surface area contributed by atoms with E-state index in [9.17, 15) is 13.2 Å². The van der Waals surface area contributed by atoms with Gasteiger partial charge in [-0.2, -0.15) is 0 Å². The van der Waals surface area contributed by atoms with Crippen LogP contribution in [0.5, 0.6) is 5.75 Å². The quantitative estimate of drug-likeness (QED) is 0.665. The number of methoxy groups -OCH3 is 1. The molecule has 0 saturated heterocycles. The number of sulfonamides is 1. The van der Waals surface area contributed by atoms with Crippen molar-refractivity contribution in [3.63, 3.8) is 0 Å². The molecule has 1 N–H and O–H groups in total. The second-order valence-corrected chi connectivity index (χ2v) is 8.96. The van der Waals surface area contributed by atoms with Crippen LogP contribution in [0.1, 0.15) is 61.6 Å². The Kier molecular flexibility index (Phi) is 4.01. The van der Waals surface area contributed by atoms with E-state index in [-0.39, 0.29) is 40.5 Å². The summed E-state index contributed by atoms with van der Waals surface area (Å²) in [6, 6.07) is 5.50. The van der Waals surface area contributed by atoms with Gasteiger partial charge in [-0.05, 0) is 40.8 Å². The number of Topliss-reactive ketones (excluding diaryl/α,β-unsaturated/α-hetero) is 1. The molecular formula is C25H28N2O4S. The summed E-state index contributed by atoms with van der Waals surface area (Å²) in [5.74, 6) is -0.574. The number of ketones is 1. The van der Waals surface area contributed by atoms with E-state index in [0.29, 0.717) is 5.56 Å². The minimum Gasteiger partial charge on any atom is -0.496 e. The van der Waals surface area contributed by atoms with Crippen LogP contribution in [-0.4, -0.2) is 32.6 Å². The first kappa shape index (κ1) is 14.1. The number of hydrogen-bond donors (Lipinski definition) is 1. The zero-order valence-corrected chi connectivity index (χ0v) is 18.3. The summed E-state index contributed by atoms with van der Waals surface area (Å²) < 4.78 is 104. The van der Waals surface area contributed by atoms with Gasteiger partial charge in [0.2, 0.25) is 10.0 Å². The topological polar surface area (TPSA) is 85.4 Å². The minimum atomic E-state index is -3.56. The van der Waals surface area contributed by atoms with Crippen LogP contribution >= 0.6 is 0 Å². The Morgan fingerprint density at radius 3 is 2.59 bits per heavy atom. The maximum atomic E-state index is 12.8. The van der Waals surface area contributed by atoms with Gasteiger partial charge >= 0.3 is 0 Å². The lowest BCUT2D eigenvalue weighted by Crippen LogP contribution is -2.15. The molecule has 32 heavy (non-hydrogen) atoms. The summed E-state index contributed by atoms with van der Waals surface area (Å²) in [6.07, 6.45) is 9.99. The van der Waals surface area contributed by atoms with Crippen LogP contribution in [0.25, 0.3) is 17.7 Å². The van der Waals surface area contributed by atoms with Gasteiger partial charge in [-0.25, -0.2) is 13.4 Å². The summed E-state index contributed by atoms with van der Waals surface area (Å²) in [7, 11) is -2.40. The second kappa shape index (κ2) is 9.12. The molecule has 0 radical (unpaired) electrons. The molecular weight excluding hydrogens is 424 g/mol. The average Bonchev–Trinajstić information content (AvgIpc) is 2.80. The standard InChI is InChI=1S/C25H28N2O4S/c1-25(2,3)21-15-19(20-8-6-7-9-22(20)28)14-18(24(21)31-4)12-10-17-11-13-23(26-16-17)27-32(5,29)30/h6-8,10-16H,9H2,1-5H3,(H,26,27)/b12-10+/i1D3,2D3,3D3. The van der Waals surface area contributed by atoms with Crippen molar-refractivity contribution in [3.05, 3.63) is 70.9 Å². The van der Waals surface area contributed by atoms with Gasteiger partial charge in [0, 0.05) is 41.7 Å². The van der Waals surface area contributed by atoms with Gasteiger partial charge in [-0.1, -0.05) is 50.9 Å². The van der Waals surface area contributed by atoms with Crippen molar-refractivity contribution in [1.29, 1.82) is 0 Å². The molecule has 0 spiro atoms. The molecule has 0 atom stereocenters. The number of aromatic nitrogens is 1. The van der Waals surface area contributed by atoms with Crippen LogP contribution in [0, 0.1) is 0 Å². The van der Waals surface area contributed by atoms with E-state index in [1.54, 1.807) is 12.2 Å². The smallest absolute Gasteiger partial charge is 0.230 e. The molecule has 1 aromatic heterocycles. The predicted molar refractivity (Wildman–Crippen MR) is 130 cm³/mol. The summed E-state index contributed by atoms with van der Waals surface area (Å²) in [5.41, 5.74) is -3.19. The Morgan fingerprint density at radius 2 is 2.00 bits per heavy atom. The number of allylic oxidation sites excluding steroid dienone is 4. The van der Waals surface area contributed by atoms with E-state index in [4.69, 9.17) is 17.1 Å². The lowest BCUT2D eigenvalue weighted by Gasteiger charge is -2.25. The zero-order valence-electron chi connectivity index (χ0n) is 26.5. The fraction of sp³-hybridized carbons (Fsp3) is 0.280. The molecule has 3 rings (SSSR count). The van der Waals surface area contributed by atoms with Gasteiger partial charge in [0.15, 0.2) is 5.78 Å². The highest BCUT2D eigenvalue weighted by Gasteiger charge is 2.24. The van der Waals surface area contributed by atoms with E-state index in [2.05, 4.69) is 9.71 Å². The molecule has 0 saturated carbocycles. The second-order valence-electron chi connectivity index (χ2n) is 7.22. The molecule has 1 aliphatic carbocycles. The monoisotopic (exact) mass is 461 g/mol. The van der Waals surface area contributed by atoms with E-state index in [1.165, 1.54) is 42.6 Å². The third-order valence-electron chi connectivity index (χ3n) is 4.57. The number of carbonyl (C=O) groups excluding carboxylic acids is 1. The number of nitrogens with zero attached hydrogens (tertiary/aromatic N) is 1. The molecule has 0 amide bonds. The van der Waals surface area contributed by atoms with Crippen molar-refractivity contribution in [2.45, 2.75) is 32.4 Å². The molecule has 0 bridgehead atoms. The number of rotatable bonds is 6. The minimum absolute atomic E-state index is 0.0425. The van der Waals surface area contributed by atoms with Gasteiger partial charge in [0.25, 0.3) is 0 Å². The lowest BCUT2D eigenvalue weighted by molar-refractivity contribution is -0.113. The first-order chi connectivity index (χ1) is 18.7. The normalized spacial score (nSPS) is 19.9. The first-order valence-corrected chi connectivity index (χ1v) is 11.4. The summed E-state index contributed by atoms with van der Waals surface area (Å²) in [6.45, 7) is -10.7. The highest BCUT2D eigenvalue weighted by atomic mass is 32.2. The van der Waals surface area contributed by atoms with Gasteiger partial charge in [0.1, 0.15) is 11.6 Å². The first-order valence-electron chi connectivity index (χ1n) is 14.0. The Hall–Kier alpha value is -3.19. The SMILES string of the molecule is [2H]C([2H])([2H])C(c1cc(C2=CC=CCC2=O)cc(/C=C/c2ccc(NS(C)(=O)=O)nc2)c1OC)(C([2H])([2H])[2H])C([2H])([2H])[2H]. The fourth-order valence-corrected chi connectivity index (χ4v) is 3.68. The van der Waals surface area contributed by atoms with Gasteiger partial charge < -0.3 is 4.74 Å². The third-order valence-corrected chi connectivity index (χ3v) is 5.15. The van der Waals surface area contributed by atoms with Crippen LogP contribution in [0.15, 0.2) is 48.7 Å². The van der Waals surface area contributed by atoms with E-state index >= 15 is 0 Å². The Morgan fingerprint density at radius 1 is 1.22 bits per heavy atom. The Labute approximate surface area is 202 Å². The highest BCUT2D eigenvalue weighted by Crippen LogP contribution is 2.38. The van der Waals surface area contributed by atoms with Crippen molar-refractivity contribution >= 4 is 39.3 Å². The maximum Gasteiger partial charge on any atom is 0.230 e. The zero-order chi connectivity index (χ0) is 31.0. The summed E-state index contributed by atoms with van der Waals surface area (Å²) >= 11 is 0. The molecule has 0 aliphatic heterocycles. The molecule has 2 aromatic rings. The molecule has 1 aliphatic rings. The number of benzene rings is 1. The van der Waals surface area contributed by atoms with Crippen LogP contribution < -0.4 is 9.46 Å². The van der Waals surface area contributed by atoms with E-state index < -0.39 is 41.6 Å². The molecule has 168 valence electrons. The lowest BCUT2D eigenvalue weighted by atomic mass is 9.82. The van der Waals surface area contributed by atoms with Crippen molar-refractivity contribution < 1.29 is 30.3 Å². The number of hydrogen-bond acceptors (Lipinski definition) is 5. The molecule has 7 heteroatoms. The molecule has 1 aromatic carbocycles. The van der Waals surface area contributed by atoms with Crippen molar-refractivity contribution in [1.82, 2.24) is 4.98 Å². The van der Waals surface area contributed by atoms with Gasteiger partial charge in [-0.15, -0.1) is 0 Å². The Balaban J connectivity index is 2.36. The van der Waals surface area contributed by atoms with Crippen LogP contribution in [0.4, 0.5) is 5.82 Å². The van der Waals surface area contributed by atoms with Crippen LogP contribution in [0.2, 0.25) is 0 Å². The number of carbonyl (C=O) groups is 1. The predicted octanol–water partition coefficient (Wildman–Crippen LogP) is 4.84. The van der Waals surface area contributed by atoms with Crippen molar-refractivity contribution in [3.8, 4) is 5.75 Å². The largest absolute Gasteiger partial charge is 0.496 e. The van der Waals surface area contributed by atoms with Crippen LogP contribution in [-0.2, 0) is 20.2 Å². The summed E-state index contributed by atoms with van der Waals surface area (Å²) in [5, 5.41) is 0. The molecule has 0 unspecified atom stereocenters. The number of pyridine rings is 1.